The van der Waals surface area contributed by atoms with Crippen LogP contribution >= 0.6 is 11.3 Å². The van der Waals surface area contributed by atoms with Crippen LogP contribution in [0.2, 0.25) is 0 Å². The monoisotopic (exact) mass is 223 g/mol. The van der Waals surface area contributed by atoms with Gasteiger partial charge in [-0.3, -0.25) is 4.90 Å². The maximum absolute atomic E-state index is 2.63. The Hall–Kier alpha value is -0.340. The number of nitrogens with zero attached hydrogens (tertiary/aromatic N) is 1. The molecule has 0 saturated carbocycles. The highest BCUT2D eigenvalue weighted by molar-refractivity contribution is 7.10. The van der Waals surface area contributed by atoms with E-state index in [1.54, 1.807) is 4.88 Å². The van der Waals surface area contributed by atoms with E-state index >= 15 is 0 Å². The van der Waals surface area contributed by atoms with Crippen LogP contribution in [0.15, 0.2) is 17.5 Å². The summed E-state index contributed by atoms with van der Waals surface area (Å²) in [4.78, 5) is 4.18. The summed E-state index contributed by atoms with van der Waals surface area (Å²) in [5.41, 5.74) is 0.471. The summed E-state index contributed by atoms with van der Waals surface area (Å²) in [7, 11) is 0. The molecule has 1 nitrogen and oxygen atoms in total. The number of hydrogen-bond acceptors (Lipinski definition) is 2. The molecular weight excluding hydrogens is 202 g/mol. The first-order chi connectivity index (χ1) is 7.15. The maximum atomic E-state index is 2.63. The van der Waals surface area contributed by atoms with E-state index in [0.29, 0.717) is 11.5 Å². The Bertz CT molecular complexity index is 302. The molecule has 84 valence electrons. The molecule has 1 aliphatic rings. The van der Waals surface area contributed by atoms with E-state index in [2.05, 4.69) is 43.2 Å². The largest absolute Gasteiger partial charge is 0.294 e. The predicted octanol–water partition coefficient (Wildman–Crippen LogP) is 3.93. The van der Waals surface area contributed by atoms with Crippen molar-refractivity contribution in [2.75, 3.05) is 13.1 Å². The summed E-state index contributed by atoms with van der Waals surface area (Å²) >= 11 is 1.90. The van der Waals surface area contributed by atoms with Crippen LogP contribution in [0, 0.1) is 5.41 Å². The summed E-state index contributed by atoms with van der Waals surface area (Å²) in [5, 5.41) is 2.20. The summed E-state index contributed by atoms with van der Waals surface area (Å²) in [6.07, 6.45) is 2.63. The van der Waals surface area contributed by atoms with Crippen molar-refractivity contribution in [1.29, 1.82) is 0 Å². The minimum Gasteiger partial charge on any atom is -0.294 e. The molecule has 0 radical (unpaired) electrons. The van der Waals surface area contributed by atoms with E-state index in [1.165, 1.54) is 25.9 Å². The van der Waals surface area contributed by atoms with Crippen molar-refractivity contribution in [2.45, 2.75) is 39.7 Å². The molecule has 15 heavy (non-hydrogen) atoms. The van der Waals surface area contributed by atoms with Crippen LogP contribution in [-0.2, 0) is 0 Å². The minimum absolute atomic E-state index is 0.471. The first-order valence-corrected chi connectivity index (χ1v) is 6.80. The van der Waals surface area contributed by atoms with Gasteiger partial charge in [0.05, 0.1) is 6.04 Å². The average Bonchev–Trinajstić information content (AvgIpc) is 2.64. The fraction of sp³-hybridized carbons (Fsp3) is 0.692. The van der Waals surface area contributed by atoms with E-state index in [1.807, 2.05) is 11.3 Å². The number of likely N-dealkylation sites (tertiary alicyclic amines) is 1. The maximum Gasteiger partial charge on any atom is 0.0504 e. The van der Waals surface area contributed by atoms with Crippen molar-refractivity contribution in [1.82, 2.24) is 4.90 Å². The van der Waals surface area contributed by atoms with Gasteiger partial charge in [0.25, 0.3) is 0 Å². The SMILES string of the molecule is CCCCN1CC(C)(C)[C@H]1c1cccs1. The van der Waals surface area contributed by atoms with Crippen molar-refractivity contribution in [3.8, 4) is 0 Å². The third-order valence-electron chi connectivity index (χ3n) is 3.33. The topological polar surface area (TPSA) is 3.24 Å². The van der Waals surface area contributed by atoms with Gasteiger partial charge < -0.3 is 0 Å². The summed E-state index contributed by atoms with van der Waals surface area (Å²) in [6.45, 7) is 9.57. The highest BCUT2D eigenvalue weighted by atomic mass is 32.1. The highest BCUT2D eigenvalue weighted by Gasteiger charge is 2.46. The highest BCUT2D eigenvalue weighted by Crippen LogP contribution is 2.49. The summed E-state index contributed by atoms with van der Waals surface area (Å²) in [5.74, 6) is 0. The molecule has 0 spiro atoms. The molecule has 0 amide bonds. The van der Waals surface area contributed by atoms with Gasteiger partial charge in [-0.2, -0.15) is 0 Å². The second-order valence-corrected chi connectivity index (χ2v) is 6.21. The first-order valence-electron chi connectivity index (χ1n) is 5.92. The third kappa shape index (κ3) is 2.11. The minimum atomic E-state index is 0.471. The van der Waals surface area contributed by atoms with Gasteiger partial charge in [-0.25, -0.2) is 0 Å². The standard InChI is InChI=1S/C13H21NS/c1-4-5-8-14-10-13(2,3)12(14)11-7-6-9-15-11/h6-7,9,12H,4-5,8,10H2,1-3H3/t12-/m1/s1. The lowest BCUT2D eigenvalue weighted by Crippen LogP contribution is -2.55. The molecule has 1 saturated heterocycles. The second kappa shape index (κ2) is 4.26. The zero-order valence-electron chi connectivity index (χ0n) is 9.99. The molecule has 2 heterocycles. The van der Waals surface area contributed by atoms with E-state index < -0.39 is 0 Å². The summed E-state index contributed by atoms with van der Waals surface area (Å²) < 4.78 is 0. The van der Waals surface area contributed by atoms with E-state index in [0.717, 1.165) is 0 Å². The Kier molecular flexibility index (Phi) is 3.17. The zero-order chi connectivity index (χ0) is 10.9. The van der Waals surface area contributed by atoms with Crippen LogP contribution in [0.3, 0.4) is 0 Å². The fourth-order valence-corrected chi connectivity index (χ4v) is 3.73. The Labute approximate surface area is 97.1 Å². The molecule has 1 aromatic rings. The smallest absolute Gasteiger partial charge is 0.0504 e. The first kappa shape index (κ1) is 11.2. The van der Waals surface area contributed by atoms with Crippen molar-refractivity contribution in [3.63, 3.8) is 0 Å². The summed E-state index contributed by atoms with van der Waals surface area (Å²) in [6, 6.07) is 5.13. The molecule has 0 aromatic carbocycles. The van der Waals surface area contributed by atoms with Gasteiger partial charge in [0.1, 0.15) is 0 Å². The molecule has 1 atom stereocenters. The van der Waals surface area contributed by atoms with Gasteiger partial charge in [0.15, 0.2) is 0 Å². The van der Waals surface area contributed by atoms with Crippen molar-refractivity contribution in [2.24, 2.45) is 5.41 Å². The van der Waals surface area contributed by atoms with Crippen molar-refractivity contribution >= 4 is 11.3 Å². The predicted molar refractivity (Wildman–Crippen MR) is 67.3 cm³/mol. The average molecular weight is 223 g/mol. The zero-order valence-corrected chi connectivity index (χ0v) is 10.8. The Morgan fingerprint density at radius 3 is 2.87 bits per heavy atom. The Morgan fingerprint density at radius 2 is 2.33 bits per heavy atom. The van der Waals surface area contributed by atoms with Crippen LogP contribution < -0.4 is 0 Å². The van der Waals surface area contributed by atoms with Crippen LogP contribution in [0.4, 0.5) is 0 Å². The van der Waals surface area contributed by atoms with Gasteiger partial charge in [0.2, 0.25) is 0 Å². The van der Waals surface area contributed by atoms with Gasteiger partial charge in [-0.1, -0.05) is 33.3 Å². The molecular formula is C13H21NS. The Morgan fingerprint density at radius 1 is 1.53 bits per heavy atom. The molecule has 2 heteroatoms. The molecule has 0 N–H and O–H groups in total. The molecule has 1 aromatic heterocycles. The van der Waals surface area contributed by atoms with Gasteiger partial charge in [-0.05, 0) is 29.8 Å². The van der Waals surface area contributed by atoms with Crippen LogP contribution in [0.25, 0.3) is 0 Å². The molecule has 1 aliphatic heterocycles. The lowest BCUT2D eigenvalue weighted by atomic mass is 9.74. The Balaban J connectivity index is 2.05. The number of unbranched alkanes of at least 4 members (excludes halogenated alkanes) is 1. The van der Waals surface area contributed by atoms with Crippen molar-refractivity contribution in [3.05, 3.63) is 22.4 Å². The van der Waals surface area contributed by atoms with Gasteiger partial charge in [-0.15, -0.1) is 11.3 Å². The van der Waals surface area contributed by atoms with Crippen molar-refractivity contribution < 1.29 is 0 Å². The quantitative estimate of drug-likeness (QED) is 0.747. The number of thiophene rings is 1. The van der Waals surface area contributed by atoms with Gasteiger partial charge >= 0.3 is 0 Å². The number of rotatable bonds is 4. The van der Waals surface area contributed by atoms with E-state index in [4.69, 9.17) is 0 Å². The molecule has 0 aliphatic carbocycles. The lowest BCUT2D eigenvalue weighted by molar-refractivity contribution is -0.0506. The van der Waals surface area contributed by atoms with Crippen LogP contribution in [-0.4, -0.2) is 18.0 Å². The number of hydrogen-bond donors (Lipinski definition) is 0. The molecule has 1 fully saturated rings. The molecule has 2 rings (SSSR count). The molecule has 0 bridgehead atoms. The van der Waals surface area contributed by atoms with E-state index in [-0.39, 0.29) is 0 Å². The normalized spacial score (nSPS) is 25.1. The van der Waals surface area contributed by atoms with Crippen LogP contribution in [0.1, 0.15) is 44.5 Å². The van der Waals surface area contributed by atoms with Gasteiger partial charge in [0, 0.05) is 11.4 Å². The second-order valence-electron chi connectivity index (χ2n) is 5.23. The lowest BCUT2D eigenvalue weighted by Gasteiger charge is -2.54. The third-order valence-corrected chi connectivity index (χ3v) is 4.25. The van der Waals surface area contributed by atoms with Crippen LogP contribution in [0.5, 0.6) is 0 Å². The van der Waals surface area contributed by atoms with E-state index in [9.17, 15) is 0 Å². The molecule has 0 unspecified atom stereocenters. The fourth-order valence-electron chi connectivity index (χ4n) is 2.66.